The predicted molar refractivity (Wildman–Crippen MR) is 78.4 cm³/mol. The maximum Gasteiger partial charge on any atom is 0.137 e. The molecule has 1 N–H and O–H groups in total. The normalized spacial score (nSPS) is 11.5. The molecule has 0 aliphatic carbocycles. The SMILES string of the molecule is CCc1nc(NC)c(C)c(N(C)CC(C)(C)C)n1. The zero-order chi connectivity index (χ0) is 13.9. The van der Waals surface area contributed by atoms with Gasteiger partial charge in [0.15, 0.2) is 0 Å². The molecule has 0 atom stereocenters. The van der Waals surface area contributed by atoms with Crippen LogP contribution in [0, 0.1) is 12.3 Å². The molecule has 0 radical (unpaired) electrons. The summed E-state index contributed by atoms with van der Waals surface area (Å²) in [5, 5.41) is 3.15. The molecule has 0 aromatic carbocycles. The standard InChI is InChI=1S/C14H26N4/c1-8-11-16-12(15-6)10(2)13(17-11)18(7)9-14(3,4)5/h8-9H2,1-7H3,(H,15,16,17). The van der Waals surface area contributed by atoms with Crippen molar-refractivity contribution in [3.05, 3.63) is 11.4 Å². The number of nitrogens with zero attached hydrogens (tertiary/aromatic N) is 3. The lowest BCUT2D eigenvalue weighted by molar-refractivity contribution is 0.417. The summed E-state index contributed by atoms with van der Waals surface area (Å²) >= 11 is 0. The summed E-state index contributed by atoms with van der Waals surface area (Å²) in [7, 11) is 4.00. The van der Waals surface area contributed by atoms with Gasteiger partial charge in [-0.05, 0) is 12.3 Å². The minimum absolute atomic E-state index is 0.248. The molecule has 0 fully saturated rings. The number of rotatable bonds is 4. The Morgan fingerprint density at radius 1 is 1.22 bits per heavy atom. The molecule has 0 spiro atoms. The van der Waals surface area contributed by atoms with Gasteiger partial charge in [-0.3, -0.25) is 0 Å². The first-order chi connectivity index (χ1) is 8.28. The van der Waals surface area contributed by atoms with Gasteiger partial charge in [0.05, 0.1) is 0 Å². The lowest BCUT2D eigenvalue weighted by atomic mass is 9.96. The van der Waals surface area contributed by atoms with Crippen LogP contribution in [-0.4, -0.2) is 30.6 Å². The van der Waals surface area contributed by atoms with Crippen LogP contribution in [0.3, 0.4) is 0 Å². The molecule has 18 heavy (non-hydrogen) atoms. The Morgan fingerprint density at radius 3 is 2.28 bits per heavy atom. The molecular weight excluding hydrogens is 224 g/mol. The van der Waals surface area contributed by atoms with Gasteiger partial charge in [0.2, 0.25) is 0 Å². The average Bonchev–Trinajstić information content (AvgIpc) is 2.27. The number of anilines is 2. The summed E-state index contributed by atoms with van der Waals surface area (Å²) in [6, 6.07) is 0. The number of nitrogens with one attached hydrogen (secondary N) is 1. The topological polar surface area (TPSA) is 41.1 Å². The molecule has 4 nitrogen and oxygen atoms in total. The van der Waals surface area contributed by atoms with E-state index >= 15 is 0 Å². The first kappa shape index (κ1) is 14.7. The third kappa shape index (κ3) is 3.59. The van der Waals surface area contributed by atoms with E-state index in [4.69, 9.17) is 0 Å². The number of hydrogen-bond donors (Lipinski definition) is 1. The van der Waals surface area contributed by atoms with E-state index < -0.39 is 0 Å². The van der Waals surface area contributed by atoms with Crippen LogP contribution in [0.5, 0.6) is 0 Å². The molecule has 0 saturated carbocycles. The van der Waals surface area contributed by atoms with E-state index in [1.54, 1.807) is 0 Å². The van der Waals surface area contributed by atoms with E-state index in [0.717, 1.165) is 36.0 Å². The van der Waals surface area contributed by atoms with Crippen molar-refractivity contribution >= 4 is 11.6 Å². The van der Waals surface area contributed by atoms with Crippen molar-refractivity contribution in [2.24, 2.45) is 5.41 Å². The highest BCUT2D eigenvalue weighted by molar-refractivity contribution is 5.58. The highest BCUT2D eigenvalue weighted by Crippen LogP contribution is 2.25. The van der Waals surface area contributed by atoms with Gasteiger partial charge < -0.3 is 10.2 Å². The highest BCUT2D eigenvalue weighted by atomic mass is 15.2. The quantitative estimate of drug-likeness (QED) is 0.892. The van der Waals surface area contributed by atoms with Gasteiger partial charge in [0, 0.05) is 32.6 Å². The van der Waals surface area contributed by atoms with Gasteiger partial charge in [-0.15, -0.1) is 0 Å². The van der Waals surface area contributed by atoms with Gasteiger partial charge in [-0.1, -0.05) is 27.7 Å². The highest BCUT2D eigenvalue weighted by Gasteiger charge is 2.18. The molecule has 1 rings (SSSR count). The van der Waals surface area contributed by atoms with Crippen molar-refractivity contribution in [2.75, 3.05) is 30.9 Å². The van der Waals surface area contributed by atoms with Crippen LogP contribution in [0.25, 0.3) is 0 Å². The molecule has 4 heteroatoms. The Kier molecular flexibility index (Phi) is 4.54. The monoisotopic (exact) mass is 250 g/mol. The van der Waals surface area contributed by atoms with Gasteiger partial charge in [-0.25, -0.2) is 9.97 Å². The summed E-state index contributed by atoms with van der Waals surface area (Å²) in [5.74, 6) is 2.85. The van der Waals surface area contributed by atoms with E-state index in [9.17, 15) is 0 Å². The largest absolute Gasteiger partial charge is 0.373 e. The third-order valence-corrected chi connectivity index (χ3v) is 2.79. The van der Waals surface area contributed by atoms with Crippen molar-refractivity contribution < 1.29 is 0 Å². The Balaban J connectivity index is 3.14. The fraction of sp³-hybridized carbons (Fsp3) is 0.714. The van der Waals surface area contributed by atoms with Crippen LogP contribution in [0.4, 0.5) is 11.6 Å². The summed E-state index contributed by atoms with van der Waals surface area (Å²) in [6.07, 6.45) is 0.852. The van der Waals surface area contributed by atoms with Gasteiger partial charge in [0.1, 0.15) is 17.5 Å². The Bertz CT molecular complexity index is 407. The second-order valence-corrected chi connectivity index (χ2v) is 5.96. The summed E-state index contributed by atoms with van der Waals surface area (Å²) in [6.45, 7) is 11.8. The first-order valence-corrected chi connectivity index (χ1v) is 6.55. The van der Waals surface area contributed by atoms with E-state index in [0.29, 0.717) is 0 Å². The van der Waals surface area contributed by atoms with Crippen LogP contribution in [0.1, 0.15) is 39.1 Å². The minimum atomic E-state index is 0.248. The molecule has 1 aromatic heterocycles. The van der Waals surface area contributed by atoms with Gasteiger partial charge >= 0.3 is 0 Å². The molecular formula is C14H26N4. The van der Waals surface area contributed by atoms with Crippen LogP contribution in [0.2, 0.25) is 0 Å². The molecule has 1 heterocycles. The maximum absolute atomic E-state index is 4.66. The molecule has 102 valence electrons. The van der Waals surface area contributed by atoms with Crippen LogP contribution < -0.4 is 10.2 Å². The molecule has 0 bridgehead atoms. The Hall–Kier alpha value is -1.32. The van der Waals surface area contributed by atoms with Crippen molar-refractivity contribution in [1.82, 2.24) is 9.97 Å². The maximum atomic E-state index is 4.66. The minimum Gasteiger partial charge on any atom is -0.373 e. The lowest BCUT2D eigenvalue weighted by Gasteiger charge is -2.29. The average molecular weight is 250 g/mol. The Labute approximate surface area is 111 Å². The van der Waals surface area contributed by atoms with Crippen molar-refractivity contribution in [3.8, 4) is 0 Å². The molecule has 0 saturated heterocycles. The van der Waals surface area contributed by atoms with E-state index in [1.807, 2.05) is 7.05 Å². The van der Waals surface area contributed by atoms with Crippen molar-refractivity contribution in [3.63, 3.8) is 0 Å². The first-order valence-electron chi connectivity index (χ1n) is 6.55. The van der Waals surface area contributed by atoms with E-state index in [1.165, 1.54) is 0 Å². The second kappa shape index (κ2) is 5.55. The van der Waals surface area contributed by atoms with Crippen molar-refractivity contribution in [2.45, 2.75) is 41.0 Å². The predicted octanol–water partition coefficient (Wildman–Crippen LogP) is 2.87. The fourth-order valence-electron chi connectivity index (χ4n) is 2.11. The van der Waals surface area contributed by atoms with Crippen LogP contribution >= 0.6 is 0 Å². The molecule has 0 unspecified atom stereocenters. The van der Waals surface area contributed by atoms with E-state index in [2.05, 4.69) is 61.9 Å². The fourth-order valence-corrected chi connectivity index (χ4v) is 2.11. The Morgan fingerprint density at radius 2 is 1.83 bits per heavy atom. The van der Waals surface area contributed by atoms with E-state index in [-0.39, 0.29) is 5.41 Å². The smallest absolute Gasteiger partial charge is 0.137 e. The summed E-state index contributed by atoms with van der Waals surface area (Å²) in [4.78, 5) is 11.4. The van der Waals surface area contributed by atoms with Crippen LogP contribution in [-0.2, 0) is 6.42 Å². The zero-order valence-electron chi connectivity index (χ0n) is 12.8. The van der Waals surface area contributed by atoms with Gasteiger partial charge in [0.25, 0.3) is 0 Å². The van der Waals surface area contributed by atoms with Gasteiger partial charge in [-0.2, -0.15) is 0 Å². The molecule has 0 aliphatic rings. The number of hydrogen-bond acceptors (Lipinski definition) is 4. The third-order valence-electron chi connectivity index (χ3n) is 2.79. The summed E-state index contributed by atoms with van der Waals surface area (Å²) in [5.41, 5.74) is 1.36. The zero-order valence-corrected chi connectivity index (χ0v) is 12.8. The lowest BCUT2D eigenvalue weighted by Crippen LogP contribution is -2.30. The number of aromatic nitrogens is 2. The molecule has 0 aliphatic heterocycles. The molecule has 1 aromatic rings. The number of aryl methyl sites for hydroxylation is 1. The van der Waals surface area contributed by atoms with Crippen LogP contribution in [0.15, 0.2) is 0 Å². The molecule has 0 amide bonds. The second-order valence-electron chi connectivity index (χ2n) is 5.96. The van der Waals surface area contributed by atoms with Crippen molar-refractivity contribution in [1.29, 1.82) is 0 Å². The summed E-state index contributed by atoms with van der Waals surface area (Å²) < 4.78 is 0.